The van der Waals surface area contributed by atoms with E-state index in [1.807, 2.05) is 60.7 Å². The summed E-state index contributed by atoms with van der Waals surface area (Å²) in [5, 5.41) is 21.1. The zero-order chi connectivity index (χ0) is 16.9. The molecule has 0 unspecified atom stereocenters. The molecule has 6 heteroatoms. The zero-order valence-electron chi connectivity index (χ0n) is 12.6. The molecule has 0 aliphatic rings. The van der Waals surface area contributed by atoms with Crippen LogP contribution in [0.25, 0.3) is 0 Å². The third kappa shape index (κ3) is 9.52. The average Bonchev–Trinajstić information content (AvgIpc) is 2.55. The molecule has 6 nitrogen and oxygen atoms in total. The average molecular weight is 316 g/mol. The van der Waals surface area contributed by atoms with Gasteiger partial charge in [0.1, 0.15) is 0 Å². The third-order valence-corrected chi connectivity index (χ3v) is 2.82. The van der Waals surface area contributed by atoms with Crippen molar-refractivity contribution in [1.29, 1.82) is 0 Å². The molecule has 0 saturated carbocycles. The fraction of sp³-hybridized carbons (Fsp3) is 0.176. The van der Waals surface area contributed by atoms with Crippen LogP contribution in [0.4, 0.5) is 9.59 Å². The monoisotopic (exact) mass is 316 g/mol. The number of carbonyl (C=O) groups is 2. The highest BCUT2D eigenvalue weighted by atomic mass is 16.4. The highest BCUT2D eigenvalue weighted by Crippen LogP contribution is 1.98. The zero-order valence-corrected chi connectivity index (χ0v) is 12.6. The van der Waals surface area contributed by atoms with E-state index in [0.29, 0.717) is 13.1 Å². The Labute approximate surface area is 134 Å². The maximum atomic E-state index is 10.1. The fourth-order valence-corrected chi connectivity index (χ4v) is 1.73. The van der Waals surface area contributed by atoms with Crippen LogP contribution in [-0.4, -0.2) is 28.9 Å². The molecule has 4 N–H and O–H groups in total. The number of hydrogen-bond acceptors (Lipinski definition) is 2. The molecule has 23 heavy (non-hydrogen) atoms. The van der Waals surface area contributed by atoms with Crippen LogP contribution in [0.5, 0.6) is 0 Å². The maximum Gasteiger partial charge on any atom is 0.404 e. The largest absolute Gasteiger partial charge is 0.465 e. The van der Waals surface area contributed by atoms with Gasteiger partial charge < -0.3 is 20.8 Å². The van der Waals surface area contributed by atoms with Crippen LogP contribution in [0.1, 0.15) is 11.1 Å². The lowest BCUT2D eigenvalue weighted by atomic mass is 10.1. The molecule has 2 rings (SSSR count). The highest BCUT2D eigenvalue weighted by Gasteiger charge is 1.94. The first-order chi connectivity index (χ1) is 11.1. The van der Waals surface area contributed by atoms with Gasteiger partial charge in [0.25, 0.3) is 0 Å². The topological polar surface area (TPSA) is 98.7 Å². The predicted molar refractivity (Wildman–Crippen MR) is 87.5 cm³/mol. The second-order valence-corrected chi connectivity index (χ2v) is 4.61. The Morgan fingerprint density at radius 1 is 0.739 bits per heavy atom. The van der Waals surface area contributed by atoms with Crippen LogP contribution in [0.3, 0.4) is 0 Å². The molecule has 0 aromatic heterocycles. The highest BCUT2D eigenvalue weighted by molar-refractivity contribution is 5.64. The summed E-state index contributed by atoms with van der Waals surface area (Å²) in [5.41, 5.74) is 2.11. The summed E-state index contributed by atoms with van der Waals surface area (Å²) in [5.74, 6) is 0. The van der Waals surface area contributed by atoms with Gasteiger partial charge in [0.2, 0.25) is 0 Å². The van der Waals surface area contributed by atoms with Crippen LogP contribution < -0.4 is 10.6 Å². The number of amides is 2. The molecule has 0 aliphatic heterocycles. The Morgan fingerprint density at radius 2 is 1.22 bits per heavy atom. The molecule has 2 aromatic rings. The van der Waals surface area contributed by atoms with Crippen LogP contribution in [0.15, 0.2) is 60.7 Å². The lowest BCUT2D eigenvalue weighted by molar-refractivity contribution is 0.193. The maximum absolute atomic E-state index is 10.1. The Hall–Kier alpha value is -3.02. The van der Waals surface area contributed by atoms with E-state index in [9.17, 15) is 9.59 Å². The van der Waals surface area contributed by atoms with Crippen LogP contribution in [-0.2, 0) is 13.0 Å². The minimum absolute atomic E-state index is 0.371. The molecule has 2 amide bonds. The van der Waals surface area contributed by atoms with E-state index in [-0.39, 0.29) is 0 Å². The van der Waals surface area contributed by atoms with E-state index in [2.05, 4.69) is 10.6 Å². The Balaban J connectivity index is 0.000000231. The van der Waals surface area contributed by atoms with Gasteiger partial charge in [-0.05, 0) is 17.5 Å². The van der Waals surface area contributed by atoms with Crippen molar-refractivity contribution >= 4 is 12.2 Å². The molecular weight excluding hydrogens is 296 g/mol. The van der Waals surface area contributed by atoms with Crippen molar-refractivity contribution in [2.75, 3.05) is 6.54 Å². The number of benzene rings is 2. The van der Waals surface area contributed by atoms with Gasteiger partial charge in [-0.15, -0.1) is 0 Å². The van der Waals surface area contributed by atoms with Gasteiger partial charge >= 0.3 is 12.2 Å². The van der Waals surface area contributed by atoms with Gasteiger partial charge in [-0.1, -0.05) is 60.7 Å². The smallest absolute Gasteiger partial charge is 0.404 e. The molecular formula is C17H20N2O4. The van der Waals surface area contributed by atoms with E-state index < -0.39 is 12.2 Å². The van der Waals surface area contributed by atoms with Gasteiger partial charge in [0, 0.05) is 13.1 Å². The Bertz CT molecular complexity index is 588. The second-order valence-electron chi connectivity index (χ2n) is 4.61. The fourth-order valence-electron chi connectivity index (χ4n) is 1.73. The standard InChI is InChI=1S/C9H11NO2.C8H9NO2/c11-9(12)10-7-6-8-4-2-1-3-5-8;10-8(11)9-6-7-4-2-1-3-5-7/h1-5,10H,6-7H2,(H,11,12);1-5,9H,6H2,(H,10,11). The molecule has 0 bridgehead atoms. The minimum atomic E-state index is -0.992. The number of rotatable bonds is 5. The number of hydrogen-bond donors (Lipinski definition) is 4. The molecule has 122 valence electrons. The lowest BCUT2D eigenvalue weighted by Gasteiger charge is -2.00. The van der Waals surface area contributed by atoms with Crippen LogP contribution in [0, 0.1) is 0 Å². The predicted octanol–water partition coefficient (Wildman–Crippen LogP) is 2.95. The first kappa shape index (κ1) is 18.0. The molecule has 0 heterocycles. The van der Waals surface area contributed by atoms with E-state index in [1.165, 1.54) is 0 Å². The van der Waals surface area contributed by atoms with E-state index in [4.69, 9.17) is 10.2 Å². The summed E-state index contributed by atoms with van der Waals surface area (Å²) in [6.07, 6.45) is -1.22. The van der Waals surface area contributed by atoms with Crippen LogP contribution in [0.2, 0.25) is 0 Å². The van der Waals surface area contributed by atoms with Crippen molar-refractivity contribution in [1.82, 2.24) is 10.6 Å². The normalized spacial score (nSPS) is 9.22. The molecule has 0 fully saturated rings. The van der Waals surface area contributed by atoms with Crippen molar-refractivity contribution in [3.8, 4) is 0 Å². The quantitative estimate of drug-likeness (QED) is 0.681. The molecule has 0 atom stereocenters. The summed E-state index contributed by atoms with van der Waals surface area (Å²) >= 11 is 0. The summed E-state index contributed by atoms with van der Waals surface area (Å²) < 4.78 is 0. The van der Waals surface area contributed by atoms with Gasteiger partial charge in [-0.2, -0.15) is 0 Å². The summed E-state index contributed by atoms with van der Waals surface area (Å²) in [6.45, 7) is 0.843. The minimum Gasteiger partial charge on any atom is -0.465 e. The van der Waals surface area contributed by atoms with Crippen molar-refractivity contribution in [2.24, 2.45) is 0 Å². The van der Waals surface area contributed by atoms with Gasteiger partial charge in [0.15, 0.2) is 0 Å². The van der Waals surface area contributed by atoms with E-state index in [0.717, 1.165) is 17.5 Å². The Kier molecular flexibility index (Phi) is 8.36. The van der Waals surface area contributed by atoms with Crippen molar-refractivity contribution in [2.45, 2.75) is 13.0 Å². The molecule has 0 saturated heterocycles. The first-order valence-electron chi connectivity index (χ1n) is 7.09. The van der Waals surface area contributed by atoms with Crippen molar-refractivity contribution in [3.05, 3.63) is 71.8 Å². The van der Waals surface area contributed by atoms with Gasteiger partial charge in [-0.25, -0.2) is 9.59 Å². The summed E-state index contributed by atoms with van der Waals surface area (Å²) in [7, 11) is 0. The molecule has 0 spiro atoms. The van der Waals surface area contributed by atoms with E-state index >= 15 is 0 Å². The molecule has 0 radical (unpaired) electrons. The number of nitrogens with one attached hydrogen (secondary N) is 2. The summed E-state index contributed by atoms with van der Waals surface area (Å²) in [6, 6.07) is 19.2. The van der Waals surface area contributed by atoms with Gasteiger partial charge in [-0.3, -0.25) is 0 Å². The Morgan fingerprint density at radius 3 is 1.70 bits per heavy atom. The molecule has 0 aliphatic carbocycles. The van der Waals surface area contributed by atoms with Gasteiger partial charge in [0.05, 0.1) is 0 Å². The van der Waals surface area contributed by atoms with Crippen LogP contribution >= 0.6 is 0 Å². The second kappa shape index (κ2) is 10.7. The lowest BCUT2D eigenvalue weighted by Crippen LogP contribution is -2.23. The summed E-state index contributed by atoms with van der Waals surface area (Å²) in [4.78, 5) is 20.1. The van der Waals surface area contributed by atoms with E-state index in [1.54, 1.807) is 0 Å². The van der Waals surface area contributed by atoms with Crippen molar-refractivity contribution in [3.63, 3.8) is 0 Å². The number of carboxylic acid groups (broad SMARTS) is 2. The van der Waals surface area contributed by atoms with Crippen molar-refractivity contribution < 1.29 is 19.8 Å². The molecule has 2 aromatic carbocycles. The first-order valence-corrected chi connectivity index (χ1v) is 7.09. The third-order valence-electron chi connectivity index (χ3n) is 2.82. The SMILES string of the molecule is O=C(O)NCCc1ccccc1.O=C(O)NCc1ccccc1.